The smallest absolute Gasteiger partial charge is 0.243 e. The zero-order chi connectivity index (χ0) is 46.6. The van der Waals surface area contributed by atoms with Crippen LogP contribution in [-0.4, -0.2) is 114 Å². The van der Waals surface area contributed by atoms with E-state index in [9.17, 15) is 38.4 Å². The number of nitrogens with one attached hydrogen (secondary N) is 7. The van der Waals surface area contributed by atoms with Crippen LogP contribution in [0.3, 0.4) is 0 Å². The maximum Gasteiger partial charge on any atom is 0.243 e. The van der Waals surface area contributed by atoms with Gasteiger partial charge in [0.25, 0.3) is 0 Å². The highest BCUT2D eigenvalue weighted by Gasteiger charge is 2.39. The molecular weight excluding hydrogens is 863 g/mol. The van der Waals surface area contributed by atoms with Crippen LogP contribution in [0.4, 0.5) is 0 Å². The van der Waals surface area contributed by atoms with Gasteiger partial charge in [0.2, 0.25) is 47.3 Å². The van der Waals surface area contributed by atoms with Crippen molar-refractivity contribution >= 4 is 68.8 Å². The van der Waals surface area contributed by atoms with Gasteiger partial charge in [-0.2, -0.15) is 0 Å². The van der Waals surface area contributed by atoms with Gasteiger partial charge in [-0.25, -0.2) is 0 Å². The van der Waals surface area contributed by atoms with Gasteiger partial charge >= 0.3 is 0 Å². The molecule has 64 heavy (non-hydrogen) atoms. The van der Waals surface area contributed by atoms with Crippen LogP contribution in [0.25, 0.3) is 0 Å². The Morgan fingerprint density at radius 2 is 1.39 bits per heavy atom. The van der Waals surface area contributed by atoms with Crippen LogP contribution in [0.2, 0.25) is 0 Å². The lowest BCUT2D eigenvalue weighted by Crippen LogP contribution is -2.61. The normalized spacial score (nSPS) is 22.8. The largest absolute Gasteiger partial charge is 0.494 e. The monoisotopic (exact) mass is 925 g/mol. The Hall–Kier alpha value is -5.34. The van der Waals surface area contributed by atoms with Gasteiger partial charge in [-0.1, -0.05) is 97.2 Å². The number of nitrogens with two attached hydrogens (primary N) is 2. The van der Waals surface area contributed by atoms with E-state index in [2.05, 4.69) is 37.2 Å². The Morgan fingerprint density at radius 3 is 2.02 bits per heavy atom. The topological polar surface area (TPSA) is 282 Å². The van der Waals surface area contributed by atoms with E-state index in [0.717, 1.165) is 24.8 Å². The van der Waals surface area contributed by atoms with Crippen molar-refractivity contribution in [2.45, 2.75) is 114 Å². The first kappa shape index (κ1) is 51.3. The molecule has 350 valence electrons. The zero-order valence-electron chi connectivity index (χ0n) is 36.7. The predicted molar refractivity (Wildman–Crippen MR) is 245 cm³/mol. The Balaban J connectivity index is 1.75. The Morgan fingerprint density at radius 1 is 0.781 bits per heavy atom. The van der Waals surface area contributed by atoms with Crippen molar-refractivity contribution in [3.63, 3.8) is 0 Å². The summed E-state index contributed by atoms with van der Waals surface area (Å²) in [5.74, 6) is -5.58. The summed E-state index contributed by atoms with van der Waals surface area (Å²) in [7, 11) is 2.66. The van der Waals surface area contributed by atoms with Gasteiger partial charge in [0, 0.05) is 42.9 Å². The first-order valence-corrected chi connectivity index (χ1v) is 24.0. The summed E-state index contributed by atoms with van der Waals surface area (Å²) < 4.78 is 4.99. The molecule has 2 aliphatic rings. The lowest BCUT2D eigenvalue weighted by atomic mass is 9.85. The summed E-state index contributed by atoms with van der Waals surface area (Å²) >= 11 is 0. The van der Waals surface area contributed by atoms with Crippen LogP contribution in [0, 0.1) is 5.92 Å². The maximum atomic E-state index is 14.5. The lowest BCUT2D eigenvalue weighted by molar-refractivity contribution is -0.136. The van der Waals surface area contributed by atoms with Crippen LogP contribution >= 0.6 is 21.6 Å². The van der Waals surface area contributed by atoms with Crippen molar-refractivity contribution in [2.24, 2.45) is 17.4 Å². The molecule has 2 aromatic rings. The van der Waals surface area contributed by atoms with E-state index < -0.39 is 101 Å². The van der Waals surface area contributed by atoms with Crippen LogP contribution in [0.15, 0.2) is 54.6 Å². The Bertz CT molecular complexity index is 1920. The van der Waals surface area contributed by atoms with Crippen LogP contribution in [0.5, 0.6) is 5.75 Å². The molecular formula is C44H63N9O9S2. The summed E-state index contributed by atoms with van der Waals surface area (Å²) in [6.07, 6.45) is 3.42. The summed E-state index contributed by atoms with van der Waals surface area (Å²) in [5, 5.41) is 18.8. The van der Waals surface area contributed by atoms with Gasteiger partial charge in [0.15, 0.2) is 0 Å². The van der Waals surface area contributed by atoms with E-state index in [4.69, 9.17) is 16.2 Å². The van der Waals surface area contributed by atoms with E-state index >= 15 is 0 Å². The summed E-state index contributed by atoms with van der Waals surface area (Å²) in [5.41, 5.74) is 12.5. The second-order valence-corrected chi connectivity index (χ2v) is 19.1. The number of carbonyl (C=O) groups excluding carboxylic acids is 8. The quantitative estimate of drug-likeness (QED) is 0.117. The lowest BCUT2D eigenvalue weighted by Gasteiger charge is -2.36. The van der Waals surface area contributed by atoms with Gasteiger partial charge in [0.1, 0.15) is 36.0 Å². The molecule has 8 amide bonds. The fourth-order valence-corrected chi connectivity index (χ4v) is 10.8. The highest BCUT2D eigenvalue weighted by Crippen LogP contribution is 2.48. The highest BCUT2D eigenvalue weighted by molar-refractivity contribution is 8.77. The number of hydrogen-bond donors (Lipinski definition) is 9. The van der Waals surface area contributed by atoms with Crippen LogP contribution in [0.1, 0.15) is 76.8 Å². The van der Waals surface area contributed by atoms with Crippen molar-refractivity contribution in [1.82, 2.24) is 37.2 Å². The molecule has 3 unspecified atom stereocenters. The molecule has 1 aliphatic heterocycles. The van der Waals surface area contributed by atoms with Gasteiger partial charge in [-0.05, 0) is 48.9 Å². The first-order valence-electron chi connectivity index (χ1n) is 21.7. The molecule has 1 spiro atoms. The summed E-state index contributed by atoms with van der Waals surface area (Å²) in [4.78, 5) is 109. The third kappa shape index (κ3) is 16.7. The molecule has 0 bridgehead atoms. The van der Waals surface area contributed by atoms with Gasteiger partial charge in [0.05, 0.1) is 19.6 Å². The molecule has 4 rings (SSSR count). The highest BCUT2D eigenvalue weighted by atomic mass is 33.1. The molecule has 1 heterocycles. The second kappa shape index (κ2) is 25.8. The standard InChI is InChI=1S/C44H63N9O9S2/c1-4-62-30-15-13-29(14-16-30)22-31-40(58)50-32(21-28-11-7-5-8-12-28)42(60)53-38(27(2)3)43(61)51-33(23-35(46)54)41(59)52-34(39(57)48-25-37(56)47-20-19-45)26-63-64-44(24-36(55)49-31)17-9-6-10-18-44/h5,7-8,11-16,27,31-34,38H,4,6,9-10,17-26,45H2,1-3H3,(H2,46,54)(H,47,56)(H,48,57)(H,49,55)(H,50,58)(H,51,61)(H,52,59)(H,53,60)/t31?,32?,33-,34?,38-/m0/s1. The summed E-state index contributed by atoms with van der Waals surface area (Å²) in [6.45, 7) is 5.62. The fourth-order valence-electron chi connectivity index (χ4n) is 7.40. The molecule has 18 nitrogen and oxygen atoms in total. The number of carbonyl (C=O) groups is 8. The number of benzene rings is 2. The number of rotatable bonds is 14. The molecule has 5 atom stereocenters. The minimum atomic E-state index is -1.56. The number of amides is 8. The van der Waals surface area contributed by atoms with E-state index in [1.165, 1.54) is 21.6 Å². The molecule has 2 fully saturated rings. The van der Waals surface area contributed by atoms with Gasteiger partial charge < -0.3 is 53.4 Å². The van der Waals surface area contributed by atoms with Crippen LogP contribution in [-0.2, 0) is 51.2 Å². The zero-order valence-corrected chi connectivity index (χ0v) is 38.3. The van der Waals surface area contributed by atoms with Crippen LogP contribution < -0.4 is 53.4 Å². The maximum absolute atomic E-state index is 14.5. The minimum Gasteiger partial charge on any atom is -0.494 e. The van der Waals surface area contributed by atoms with E-state index in [1.54, 1.807) is 62.4 Å². The average molecular weight is 926 g/mol. The molecule has 1 aliphatic carbocycles. The number of primary amides is 1. The Labute approximate surface area is 382 Å². The Kier molecular flexibility index (Phi) is 20.7. The third-order valence-electron chi connectivity index (χ3n) is 10.8. The molecule has 2 aromatic carbocycles. The fraction of sp³-hybridized carbons (Fsp3) is 0.545. The van der Waals surface area contributed by atoms with E-state index in [0.29, 0.717) is 30.8 Å². The average Bonchev–Trinajstić information content (AvgIpc) is 3.26. The number of ether oxygens (including phenoxy) is 1. The van der Waals surface area contributed by atoms with E-state index in [-0.39, 0.29) is 38.1 Å². The molecule has 11 N–H and O–H groups in total. The van der Waals surface area contributed by atoms with E-state index in [1.807, 2.05) is 13.0 Å². The van der Waals surface area contributed by atoms with Crippen molar-refractivity contribution in [2.75, 3.05) is 32.0 Å². The molecule has 0 radical (unpaired) electrons. The summed E-state index contributed by atoms with van der Waals surface area (Å²) in [6, 6.07) is 9.66. The number of hydrogen-bond acceptors (Lipinski definition) is 12. The van der Waals surface area contributed by atoms with Crippen molar-refractivity contribution < 1.29 is 43.1 Å². The molecule has 1 saturated heterocycles. The predicted octanol–water partition coefficient (Wildman–Crippen LogP) is 0.505. The third-order valence-corrected chi connectivity index (χ3v) is 14.1. The van der Waals surface area contributed by atoms with Crippen molar-refractivity contribution in [3.05, 3.63) is 65.7 Å². The van der Waals surface area contributed by atoms with Gasteiger partial charge in [-0.3, -0.25) is 38.4 Å². The first-order chi connectivity index (χ1) is 30.6. The molecule has 0 aromatic heterocycles. The minimum absolute atomic E-state index is 0.0242. The molecule has 20 heteroatoms. The van der Waals surface area contributed by atoms with Gasteiger partial charge in [-0.15, -0.1) is 0 Å². The SMILES string of the molecule is CCOc1ccc(CC2NC(=O)CC3(CCCCC3)SSCC(C(=O)NCC(=O)NCCN)NC(=O)[C@H](CC(N)=O)NC(=O)[C@H](C(C)C)NC(=O)C(Cc3ccccc3)NC2=O)cc1. The molecule has 1 saturated carbocycles. The van der Waals surface area contributed by atoms with Crippen molar-refractivity contribution in [3.8, 4) is 5.75 Å². The van der Waals surface area contributed by atoms with Crippen molar-refractivity contribution in [1.29, 1.82) is 0 Å². The second-order valence-electron chi connectivity index (χ2n) is 16.3.